The smallest absolute Gasteiger partial charge is 0.244 e. The van der Waals surface area contributed by atoms with Crippen molar-refractivity contribution in [2.75, 3.05) is 11.8 Å². The molecule has 0 fully saturated rings. The molecule has 0 radical (unpaired) electrons. The van der Waals surface area contributed by atoms with Crippen molar-refractivity contribution in [3.63, 3.8) is 0 Å². The molecule has 1 unspecified atom stereocenters. The van der Waals surface area contributed by atoms with Crippen LogP contribution in [0.2, 0.25) is 0 Å². The lowest BCUT2D eigenvalue weighted by Gasteiger charge is -2.17. The molecule has 148 valence electrons. The SMILES string of the molecule is C=CC(c1ccc(OC)cc1)S(=O)(=O)Nc1ncccc1C=Cc1ccccc1. The molecule has 0 amide bonds. The van der Waals surface area contributed by atoms with E-state index in [1.54, 1.807) is 49.7 Å². The van der Waals surface area contributed by atoms with E-state index in [0.717, 1.165) is 5.56 Å². The second-order valence-corrected chi connectivity index (χ2v) is 8.06. The molecule has 0 aliphatic rings. The van der Waals surface area contributed by atoms with E-state index in [4.69, 9.17) is 4.74 Å². The van der Waals surface area contributed by atoms with Gasteiger partial charge in [0.1, 0.15) is 16.8 Å². The number of hydrogen-bond donors (Lipinski definition) is 1. The van der Waals surface area contributed by atoms with Crippen molar-refractivity contribution in [2.45, 2.75) is 5.25 Å². The molecule has 0 bridgehead atoms. The normalized spacial score (nSPS) is 12.4. The van der Waals surface area contributed by atoms with Gasteiger partial charge in [0.25, 0.3) is 0 Å². The minimum Gasteiger partial charge on any atom is -0.497 e. The molecule has 3 aromatic rings. The summed E-state index contributed by atoms with van der Waals surface area (Å²) in [6.45, 7) is 3.70. The summed E-state index contributed by atoms with van der Waals surface area (Å²) < 4.78 is 33.8. The molecule has 5 nitrogen and oxygen atoms in total. The summed E-state index contributed by atoms with van der Waals surface area (Å²) in [5.74, 6) is 0.917. The van der Waals surface area contributed by atoms with Gasteiger partial charge in [0.2, 0.25) is 10.0 Å². The topological polar surface area (TPSA) is 68.3 Å². The first-order chi connectivity index (χ1) is 14.0. The highest BCUT2D eigenvalue weighted by Crippen LogP contribution is 2.28. The van der Waals surface area contributed by atoms with Crippen molar-refractivity contribution in [1.82, 2.24) is 4.98 Å². The monoisotopic (exact) mass is 406 g/mol. The zero-order valence-electron chi connectivity index (χ0n) is 16.0. The van der Waals surface area contributed by atoms with Crippen LogP contribution in [0.1, 0.15) is 21.9 Å². The largest absolute Gasteiger partial charge is 0.497 e. The van der Waals surface area contributed by atoms with Crippen LogP contribution in [0.5, 0.6) is 5.75 Å². The van der Waals surface area contributed by atoms with Crippen molar-refractivity contribution in [1.29, 1.82) is 0 Å². The molecule has 0 aliphatic heterocycles. The van der Waals surface area contributed by atoms with Gasteiger partial charge >= 0.3 is 0 Å². The number of hydrogen-bond acceptors (Lipinski definition) is 4. The van der Waals surface area contributed by atoms with Gasteiger partial charge in [0.05, 0.1) is 7.11 Å². The van der Waals surface area contributed by atoms with E-state index in [0.29, 0.717) is 16.9 Å². The number of aromatic nitrogens is 1. The van der Waals surface area contributed by atoms with Crippen molar-refractivity contribution in [2.24, 2.45) is 0 Å². The molecule has 29 heavy (non-hydrogen) atoms. The number of ether oxygens (including phenoxy) is 1. The third kappa shape index (κ3) is 5.12. The summed E-state index contributed by atoms with van der Waals surface area (Å²) in [6, 6.07) is 20.2. The molecule has 2 aromatic carbocycles. The van der Waals surface area contributed by atoms with E-state index in [2.05, 4.69) is 16.3 Å². The van der Waals surface area contributed by atoms with Crippen molar-refractivity contribution >= 4 is 28.0 Å². The zero-order chi connectivity index (χ0) is 20.7. The first-order valence-electron chi connectivity index (χ1n) is 9.00. The van der Waals surface area contributed by atoms with Crippen LogP contribution in [0.4, 0.5) is 5.82 Å². The summed E-state index contributed by atoms with van der Waals surface area (Å²) in [6.07, 6.45) is 6.68. The zero-order valence-corrected chi connectivity index (χ0v) is 16.8. The van der Waals surface area contributed by atoms with Crippen LogP contribution in [0.15, 0.2) is 85.6 Å². The fourth-order valence-electron chi connectivity index (χ4n) is 2.82. The van der Waals surface area contributed by atoms with Gasteiger partial charge in [-0.15, -0.1) is 6.58 Å². The van der Waals surface area contributed by atoms with Gasteiger partial charge in [-0.05, 0) is 35.4 Å². The summed E-state index contributed by atoms with van der Waals surface area (Å²) in [5, 5.41) is -0.929. The maximum absolute atomic E-state index is 13.0. The highest BCUT2D eigenvalue weighted by Gasteiger charge is 2.25. The first kappa shape index (κ1) is 20.4. The standard InChI is InChI=1S/C23H22N2O3S/c1-3-22(19-13-15-21(28-2)16-14-19)29(26,27)25-23-20(10-7-17-24-23)12-11-18-8-5-4-6-9-18/h3-17,22H,1H2,2H3,(H,24,25). The average molecular weight is 407 g/mol. The highest BCUT2D eigenvalue weighted by atomic mass is 32.2. The van der Waals surface area contributed by atoms with E-state index in [1.807, 2.05) is 42.5 Å². The Bertz CT molecular complexity index is 1090. The maximum atomic E-state index is 13.0. The summed E-state index contributed by atoms with van der Waals surface area (Å²) in [7, 11) is -2.25. The predicted octanol–water partition coefficient (Wildman–Crippen LogP) is 4.93. The van der Waals surface area contributed by atoms with Gasteiger partial charge in [-0.25, -0.2) is 13.4 Å². The van der Waals surface area contributed by atoms with Crippen molar-refractivity contribution in [3.05, 3.63) is 102 Å². The van der Waals surface area contributed by atoms with E-state index in [1.165, 1.54) is 6.08 Å². The Morgan fingerprint density at radius 2 is 1.72 bits per heavy atom. The van der Waals surface area contributed by atoms with Gasteiger partial charge in [0.15, 0.2) is 0 Å². The molecule has 0 spiro atoms. The Morgan fingerprint density at radius 1 is 1.00 bits per heavy atom. The van der Waals surface area contributed by atoms with Crippen LogP contribution < -0.4 is 9.46 Å². The number of anilines is 1. The highest BCUT2D eigenvalue weighted by molar-refractivity contribution is 7.93. The minimum absolute atomic E-state index is 0.264. The summed E-state index contributed by atoms with van der Waals surface area (Å²) in [4.78, 5) is 4.22. The molecule has 3 rings (SSSR count). The second-order valence-electron chi connectivity index (χ2n) is 6.26. The van der Waals surface area contributed by atoms with Crippen LogP contribution in [0, 0.1) is 0 Å². The van der Waals surface area contributed by atoms with Gasteiger partial charge in [-0.3, -0.25) is 4.72 Å². The van der Waals surface area contributed by atoms with Crippen molar-refractivity contribution < 1.29 is 13.2 Å². The maximum Gasteiger partial charge on any atom is 0.244 e. The van der Waals surface area contributed by atoms with Crippen molar-refractivity contribution in [3.8, 4) is 5.75 Å². The number of pyridine rings is 1. The van der Waals surface area contributed by atoms with Crippen LogP contribution >= 0.6 is 0 Å². The lowest BCUT2D eigenvalue weighted by molar-refractivity contribution is 0.414. The lowest BCUT2D eigenvalue weighted by atomic mass is 10.1. The summed E-state index contributed by atoms with van der Waals surface area (Å²) in [5.41, 5.74) is 2.26. The number of methoxy groups -OCH3 is 1. The Balaban J connectivity index is 1.87. The van der Waals surface area contributed by atoms with Gasteiger partial charge in [-0.2, -0.15) is 0 Å². The van der Waals surface area contributed by atoms with Crippen LogP contribution in [-0.2, 0) is 10.0 Å². The minimum atomic E-state index is -3.81. The number of nitrogens with zero attached hydrogens (tertiary/aromatic N) is 1. The molecule has 6 heteroatoms. The molecule has 0 saturated heterocycles. The fourth-order valence-corrected chi connectivity index (χ4v) is 4.16. The quantitative estimate of drug-likeness (QED) is 0.539. The molecule has 1 atom stereocenters. The number of nitrogens with one attached hydrogen (secondary N) is 1. The predicted molar refractivity (Wildman–Crippen MR) is 118 cm³/mol. The molecule has 1 N–H and O–H groups in total. The Labute approximate surface area is 171 Å². The van der Waals surface area contributed by atoms with Crippen LogP contribution in [0.3, 0.4) is 0 Å². The van der Waals surface area contributed by atoms with E-state index in [-0.39, 0.29) is 5.82 Å². The van der Waals surface area contributed by atoms with E-state index >= 15 is 0 Å². The van der Waals surface area contributed by atoms with E-state index in [9.17, 15) is 8.42 Å². The Kier molecular flexibility index (Phi) is 6.46. The molecule has 0 saturated carbocycles. The molecule has 1 heterocycles. The fraction of sp³-hybridized carbons (Fsp3) is 0.0870. The van der Waals surface area contributed by atoms with Gasteiger partial charge in [0, 0.05) is 11.8 Å². The molecule has 1 aromatic heterocycles. The van der Waals surface area contributed by atoms with Crippen LogP contribution in [0.25, 0.3) is 12.2 Å². The van der Waals surface area contributed by atoms with Gasteiger partial charge < -0.3 is 4.74 Å². The molecule has 0 aliphatic carbocycles. The van der Waals surface area contributed by atoms with Crippen LogP contribution in [-0.4, -0.2) is 20.5 Å². The molecular weight excluding hydrogens is 384 g/mol. The average Bonchev–Trinajstić information content (AvgIpc) is 2.74. The third-order valence-corrected chi connectivity index (χ3v) is 5.94. The third-order valence-electron chi connectivity index (χ3n) is 4.33. The first-order valence-corrected chi connectivity index (χ1v) is 10.5. The lowest BCUT2D eigenvalue weighted by Crippen LogP contribution is -2.21. The van der Waals surface area contributed by atoms with E-state index < -0.39 is 15.3 Å². The van der Waals surface area contributed by atoms with Gasteiger partial charge in [-0.1, -0.05) is 60.7 Å². The number of rotatable bonds is 8. The number of sulfonamides is 1. The summed E-state index contributed by atoms with van der Waals surface area (Å²) >= 11 is 0. The second kappa shape index (κ2) is 9.21. The molecular formula is C23H22N2O3S. The Morgan fingerprint density at radius 3 is 2.38 bits per heavy atom. The number of benzene rings is 2. The Hall–Kier alpha value is -3.38.